The Labute approximate surface area is 164 Å². The number of sulfonamides is 1. The second kappa shape index (κ2) is 7.41. The topological polar surface area (TPSA) is 119 Å². The molecule has 11 heteroatoms. The first kappa shape index (κ1) is 18.7. The molecule has 0 radical (unpaired) electrons. The molecule has 3 heterocycles. The number of nitro benzene ring substituents is 1. The number of benzene rings is 1. The number of hydrogen-bond acceptors (Lipinski definition) is 8. The average Bonchev–Trinajstić information content (AvgIpc) is 3.40. The molecule has 0 N–H and O–H groups in total. The van der Waals surface area contributed by atoms with Crippen LogP contribution in [0.2, 0.25) is 0 Å². The Hall–Kier alpha value is -2.63. The quantitative estimate of drug-likeness (QED) is 0.459. The number of thiophene rings is 1. The number of nitro groups is 1. The molecule has 1 aliphatic rings. The first-order valence-electron chi connectivity index (χ1n) is 8.57. The zero-order chi connectivity index (χ0) is 19.7. The van der Waals surface area contributed by atoms with Gasteiger partial charge in [-0.05, 0) is 30.4 Å². The van der Waals surface area contributed by atoms with Gasteiger partial charge in [0.05, 0.1) is 20.6 Å². The molecule has 9 nitrogen and oxygen atoms in total. The highest BCUT2D eigenvalue weighted by Crippen LogP contribution is 2.32. The summed E-state index contributed by atoms with van der Waals surface area (Å²) in [5.41, 5.74) is -0.257. The van der Waals surface area contributed by atoms with Gasteiger partial charge < -0.3 is 4.52 Å². The molecule has 0 bridgehead atoms. The van der Waals surface area contributed by atoms with E-state index in [2.05, 4.69) is 10.1 Å². The number of non-ortho nitro benzene ring substituents is 1. The van der Waals surface area contributed by atoms with E-state index in [1.165, 1.54) is 33.8 Å². The van der Waals surface area contributed by atoms with E-state index in [0.717, 1.165) is 17.4 Å². The van der Waals surface area contributed by atoms with Crippen LogP contribution in [0.4, 0.5) is 5.69 Å². The van der Waals surface area contributed by atoms with Crippen LogP contribution in [0.3, 0.4) is 0 Å². The van der Waals surface area contributed by atoms with Crippen molar-refractivity contribution in [1.82, 2.24) is 14.4 Å². The maximum Gasteiger partial charge on any atom is 0.270 e. The van der Waals surface area contributed by atoms with Gasteiger partial charge in [0, 0.05) is 25.2 Å². The molecule has 146 valence electrons. The third-order valence-electron chi connectivity index (χ3n) is 4.58. The van der Waals surface area contributed by atoms with Crippen LogP contribution in [0, 0.1) is 10.1 Å². The van der Waals surface area contributed by atoms with Crippen molar-refractivity contribution in [3.05, 3.63) is 57.8 Å². The largest absolute Gasteiger partial charge is 0.339 e. The number of rotatable bonds is 5. The average molecular weight is 420 g/mol. The summed E-state index contributed by atoms with van der Waals surface area (Å²) in [4.78, 5) is 15.6. The van der Waals surface area contributed by atoms with Crippen molar-refractivity contribution in [2.45, 2.75) is 23.7 Å². The van der Waals surface area contributed by atoms with Crippen molar-refractivity contribution >= 4 is 27.0 Å². The molecular weight excluding hydrogens is 404 g/mol. The summed E-state index contributed by atoms with van der Waals surface area (Å²) >= 11 is 1.50. The summed E-state index contributed by atoms with van der Waals surface area (Å²) in [5, 5.41) is 16.9. The maximum atomic E-state index is 13.0. The zero-order valence-electron chi connectivity index (χ0n) is 14.6. The van der Waals surface area contributed by atoms with E-state index in [1.54, 1.807) is 0 Å². The first-order valence-corrected chi connectivity index (χ1v) is 10.9. The predicted octanol–water partition coefficient (Wildman–Crippen LogP) is 3.27. The van der Waals surface area contributed by atoms with E-state index >= 15 is 0 Å². The third-order valence-corrected chi connectivity index (χ3v) is 7.31. The van der Waals surface area contributed by atoms with Crippen LogP contribution in [-0.2, 0) is 10.0 Å². The van der Waals surface area contributed by atoms with Gasteiger partial charge in [-0.15, -0.1) is 11.3 Å². The van der Waals surface area contributed by atoms with E-state index in [4.69, 9.17) is 4.52 Å². The Morgan fingerprint density at radius 1 is 1.29 bits per heavy atom. The van der Waals surface area contributed by atoms with E-state index < -0.39 is 14.9 Å². The van der Waals surface area contributed by atoms with Gasteiger partial charge in [0.15, 0.2) is 0 Å². The molecule has 28 heavy (non-hydrogen) atoms. The van der Waals surface area contributed by atoms with Crippen LogP contribution < -0.4 is 0 Å². The second-order valence-electron chi connectivity index (χ2n) is 6.39. The van der Waals surface area contributed by atoms with Crippen LogP contribution in [0.15, 0.2) is 51.2 Å². The Balaban J connectivity index is 1.56. The lowest BCUT2D eigenvalue weighted by molar-refractivity contribution is -0.385. The highest BCUT2D eigenvalue weighted by Gasteiger charge is 2.34. The van der Waals surface area contributed by atoms with Gasteiger partial charge in [0.2, 0.25) is 21.7 Å². The van der Waals surface area contributed by atoms with Crippen molar-refractivity contribution in [2.75, 3.05) is 13.1 Å². The lowest BCUT2D eigenvalue weighted by Gasteiger charge is -2.30. The molecule has 1 aromatic carbocycles. The fraction of sp³-hybridized carbons (Fsp3) is 0.294. The van der Waals surface area contributed by atoms with Crippen LogP contribution in [0.1, 0.15) is 24.7 Å². The Morgan fingerprint density at radius 3 is 2.89 bits per heavy atom. The molecule has 2 aromatic heterocycles. The van der Waals surface area contributed by atoms with Crippen molar-refractivity contribution in [2.24, 2.45) is 0 Å². The summed E-state index contributed by atoms with van der Waals surface area (Å²) in [5.74, 6) is 0.675. The summed E-state index contributed by atoms with van der Waals surface area (Å²) in [7, 11) is -3.85. The molecule has 1 saturated heterocycles. The molecule has 0 spiro atoms. The van der Waals surface area contributed by atoms with E-state index in [-0.39, 0.29) is 23.0 Å². The van der Waals surface area contributed by atoms with Crippen molar-refractivity contribution in [1.29, 1.82) is 0 Å². The van der Waals surface area contributed by atoms with Gasteiger partial charge >= 0.3 is 0 Å². The Kier molecular flexibility index (Phi) is 4.96. The molecule has 0 aliphatic carbocycles. The molecule has 1 fully saturated rings. The highest BCUT2D eigenvalue weighted by atomic mass is 32.2. The summed E-state index contributed by atoms with van der Waals surface area (Å²) < 4.78 is 32.6. The smallest absolute Gasteiger partial charge is 0.270 e. The normalized spacial score (nSPS) is 18.2. The van der Waals surface area contributed by atoms with Crippen molar-refractivity contribution in [3.8, 4) is 10.7 Å². The summed E-state index contributed by atoms with van der Waals surface area (Å²) in [6.45, 7) is 0.532. The molecule has 4 rings (SSSR count). The van der Waals surface area contributed by atoms with E-state index in [9.17, 15) is 18.5 Å². The number of aromatic nitrogens is 2. The minimum atomic E-state index is -3.85. The van der Waals surface area contributed by atoms with Gasteiger partial charge in [-0.2, -0.15) is 9.29 Å². The maximum absolute atomic E-state index is 13.0. The van der Waals surface area contributed by atoms with Gasteiger partial charge in [0.25, 0.3) is 5.69 Å². The predicted molar refractivity (Wildman–Crippen MR) is 101 cm³/mol. The lowest BCUT2D eigenvalue weighted by Crippen LogP contribution is -2.39. The first-order chi connectivity index (χ1) is 13.4. The molecule has 1 aliphatic heterocycles. The molecule has 1 atom stereocenters. The van der Waals surface area contributed by atoms with Crippen LogP contribution in [0.5, 0.6) is 0 Å². The van der Waals surface area contributed by atoms with Crippen LogP contribution >= 0.6 is 11.3 Å². The highest BCUT2D eigenvalue weighted by molar-refractivity contribution is 7.89. The third kappa shape index (κ3) is 3.55. The summed E-state index contributed by atoms with van der Waals surface area (Å²) in [6, 6.07) is 8.87. The molecule has 3 aromatic rings. The van der Waals surface area contributed by atoms with Crippen molar-refractivity contribution < 1.29 is 17.9 Å². The van der Waals surface area contributed by atoms with Crippen LogP contribution in [0.25, 0.3) is 10.7 Å². The second-order valence-corrected chi connectivity index (χ2v) is 9.28. The number of piperidine rings is 1. The van der Waals surface area contributed by atoms with Gasteiger partial charge in [0.1, 0.15) is 0 Å². The minimum absolute atomic E-state index is 0.0906. The fourth-order valence-corrected chi connectivity index (χ4v) is 5.39. The monoisotopic (exact) mass is 420 g/mol. The van der Waals surface area contributed by atoms with Gasteiger partial charge in [-0.1, -0.05) is 17.3 Å². The molecule has 0 unspecified atom stereocenters. The summed E-state index contributed by atoms with van der Waals surface area (Å²) in [6.07, 6.45) is 1.36. The Morgan fingerprint density at radius 2 is 2.14 bits per heavy atom. The van der Waals surface area contributed by atoms with Crippen LogP contribution in [-0.4, -0.2) is 40.9 Å². The molecule has 0 amide bonds. The number of nitrogens with zero attached hydrogens (tertiary/aromatic N) is 4. The van der Waals surface area contributed by atoms with Crippen molar-refractivity contribution in [3.63, 3.8) is 0 Å². The molecule has 0 saturated carbocycles. The van der Waals surface area contributed by atoms with E-state index in [1.807, 2.05) is 17.5 Å². The standard InChI is InChI=1S/C17H16N4O5S2/c22-21(23)13-5-1-6-14(10-13)28(24,25)20-8-2-4-12(11-20)17-18-16(19-26-17)15-7-3-9-27-15/h1,3,5-7,9-10,12H,2,4,8,11H2/t12-/m0/s1. The lowest BCUT2D eigenvalue weighted by atomic mass is 10.00. The molecular formula is C17H16N4O5S2. The fourth-order valence-electron chi connectivity index (χ4n) is 3.18. The van der Waals surface area contributed by atoms with Gasteiger partial charge in [-0.25, -0.2) is 8.42 Å². The SMILES string of the molecule is O=[N+]([O-])c1cccc(S(=O)(=O)N2CCC[C@H](c3nc(-c4cccs4)no3)C2)c1. The van der Waals surface area contributed by atoms with E-state index in [0.29, 0.717) is 24.7 Å². The minimum Gasteiger partial charge on any atom is -0.339 e. The Bertz CT molecular complexity index is 1090. The zero-order valence-corrected chi connectivity index (χ0v) is 16.2. The number of hydrogen-bond donors (Lipinski definition) is 0. The van der Waals surface area contributed by atoms with Gasteiger partial charge in [-0.3, -0.25) is 10.1 Å².